The third-order valence-electron chi connectivity index (χ3n) is 6.58. The summed E-state index contributed by atoms with van der Waals surface area (Å²) in [5.74, 6) is 0.707. The van der Waals surface area contributed by atoms with E-state index in [-0.39, 0.29) is 12.5 Å². The Morgan fingerprint density at radius 3 is 2.67 bits per heavy atom. The first-order valence-corrected chi connectivity index (χ1v) is 11.5. The van der Waals surface area contributed by atoms with Crippen LogP contribution in [-0.4, -0.2) is 54.4 Å². The maximum absolute atomic E-state index is 13.1. The summed E-state index contributed by atoms with van der Waals surface area (Å²) in [6.45, 7) is 8.24. The number of nitrogens with zero attached hydrogens (tertiary/aromatic N) is 1. The number of para-hydroxylation sites is 1. The van der Waals surface area contributed by atoms with Crippen LogP contribution in [0.15, 0.2) is 60.5 Å². The zero-order chi connectivity index (χ0) is 21.0. The first-order chi connectivity index (χ1) is 14.5. The second-order valence-electron chi connectivity index (χ2n) is 8.47. The van der Waals surface area contributed by atoms with Crippen molar-refractivity contribution in [3.8, 4) is 5.75 Å². The van der Waals surface area contributed by atoms with E-state index in [4.69, 9.17) is 9.47 Å². The molecule has 3 saturated heterocycles. The molecule has 30 heavy (non-hydrogen) atoms. The Balaban J connectivity index is 1.40. The Bertz CT molecular complexity index is 845. The van der Waals surface area contributed by atoms with Crippen molar-refractivity contribution in [1.29, 1.82) is 0 Å². The molecule has 3 aliphatic heterocycles. The van der Waals surface area contributed by atoms with Gasteiger partial charge >= 0.3 is 5.97 Å². The highest BCUT2D eigenvalue weighted by atomic mass is 32.1. The number of hydrogen-bond acceptors (Lipinski definition) is 5. The van der Waals surface area contributed by atoms with Crippen molar-refractivity contribution in [3.05, 3.63) is 65.4 Å². The number of fused-ring (bicyclic) bond motifs is 3. The molecule has 0 radical (unpaired) electrons. The van der Waals surface area contributed by atoms with Crippen LogP contribution in [0.1, 0.15) is 24.1 Å². The van der Waals surface area contributed by atoms with E-state index in [1.165, 1.54) is 11.3 Å². The molecular formula is C24H30NO4S+. The van der Waals surface area contributed by atoms with Gasteiger partial charge in [0, 0.05) is 30.1 Å². The fourth-order valence-corrected chi connectivity index (χ4v) is 5.61. The second kappa shape index (κ2) is 8.92. The Labute approximate surface area is 182 Å². The van der Waals surface area contributed by atoms with Gasteiger partial charge in [0.15, 0.2) is 11.7 Å². The van der Waals surface area contributed by atoms with E-state index < -0.39 is 11.6 Å². The van der Waals surface area contributed by atoms with Crippen molar-refractivity contribution in [2.75, 3.05) is 32.8 Å². The lowest BCUT2D eigenvalue weighted by molar-refractivity contribution is -0.946. The van der Waals surface area contributed by atoms with Crippen molar-refractivity contribution >= 4 is 17.3 Å². The van der Waals surface area contributed by atoms with Crippen LogP contribution < -0.4 is 4.74 Å². The molecule has 0 amide bonds. The number of aliphatic hydroxyl groups is 1. The van der Waals surface area contributed by atoms with E-state index >= 15 is 0 Å². The van der Waals surface area contributed by atoms with Gasteiger partial charge in [0.05, 0.1) is 13.1 Å². The normalized spacial score (nSPS) is 27.2. The third kappa shape index (κ3) is 4.31. The highest BCUT2D eigenvalue weighted by molar-refractivity contribution is 7.10. The van der Waals surface area contributed by atoms with Crippen LogP contribution >= 0.6 is 11.3 Å². The number of esters is 1. The second-order valence-corrected chi connectivity index (χ2v) is 9.42. The van der Waals surface area contributed by atoms with Gasteiger partial charge in [-0.3, -0.25) is 0 Å². The minimum absolute atomic E-state index is 0.147. The lowest BCUT2D eigenvalue weighted by Gasteiger charge is -2.52. The van der Waals surface area contributed by atoms with Crippen LogP contribution in [0.25, 0.3) is 0 Å². The molecule has 6 heteroatoms. The summed E-state index contributed by atoms with van der Waals surface area (Å²) in [7, 11) is 0. The van der Waals surface area contributed by atoms with Gasteiger partial charge in [-0.15, -0.1) is 17.9 Å². The quantitative estimate of drug-likeness (QED) is 0.376. The van der Waals surface area contributed by atoms with E-state index in [1.807, 2.05) is 41.8 Å². The van der Waals surface area contributed by atoms with Crippen LogP contribution in [0.2, 0.25) is 0 Å². The topological polar surface area (TPSA) is 55.8 Å². The number of quaternary nitrogens is 1. The molecular weight excluding hydrogens is 398 g/mol. The van der Waals surface area contributed by atoms with Crippen LogP contribution in [0.3, 0.4) is 0 Å². The maximum Gasteiger partial charge on any atom is 0.344 e. The van der Waals surface area contributed by atoms with Gasteiger partial charge < -0.3 is 19.1 Å². The van der Waals surface area contributed by atoms with Gasteiger partial charge in [0.25, 0.3) is 0 Å². The predicted octanol–water partition coefficient (Wildman–Crippen LogP) is 3.74. The predicted molar refractivity (Wildman–Crippen MR) is 117 cm³/mol. The van der Waals surface area contributed by atoms with Crippen molar-refractivity contribution in [3.63, 3.8) is 0 Å². The molecule has 0 saturated carbocycles. The molecule has 1 unspecified atom stereocenters. The summed E-state index contributed by atoms with van der Waals surface area (Å²) in [6.07, 6.45) is 3.65. The molecule has 0 aliphatic carbocycles. The zero-order valence-corrected chi connectivity index (χ0v) is 18.1. The molecule has 1 N–H and O–H groups in total. The Hall–Kier alpha value is -2.15. The number of carbonyl (C=O) groups is 1. The van der Waals surface area contributed by atoms with Gasteiger partial charge in [-0.25, -0.2) is 4.79 Å². The zero-order valence-electron chi connectivity index (χ0n) is 17.2. The summed E-state index contributed by atoms with van der Waals surface area (Å²) in [4.78, 5) is 13.7. The van der Waals surface area contributed by atoms with Crippen LogP contribution in [0.5, 0.6) is 5.75 Å². The number of ether oxygens (including phenoxy) is 2. The summed E-state index contributed by atoms with van der Waals surface area (Å²) in [5.41, 5.74) is -1.65. The molecule has 1 aromatic carbocycles. The third-order valence-corrected chi connectivity index (χ3v) is 7.60. The molecule has 3 fully saturated rings. The molecule has 0 spiro atoms. The smallest absolute Gasteiger partial charge is 0.344 e. The molecule has 2 aromatic rings. The lowest BCUT2D eigenvalue weighted by atomic mass is 9.83. The highest BCUT2D eigenvalue weighted by Gasteiger charge is 2.50. The Kier molecular flexibility index (Phi) is 6.27. The van der Waals surface area contributed by atoms with Gasteiger partial charge in [-0.1, -0.05) is 30.3 Å². The van der Waals surface area contributed by atoms with E-state index in [1.54, 1.807) is 12.1 Å². The van der Waals surface area contributed by atoms with Crippen molar-refractivity contribution in [1.82, 2.24) is 0 Å². The largest absolute Gasteiger partial charge is 0.488 e. The summed E-state index contributed by atoms with van der Waals surface area (Å²) < 4.78 is 12.8. The first kappa shape index (κ1) is 21.1. The molecule has 2 atom stereocenters. The fourth-order valence-electron chi connectivity index (χ4n) is 4.79. The van der Waals surface area contributed by atoms with E-state index in [9.17, 15) is 9.90 Å². The minimum Gasteiger partial charge on any atom is -0.488 e. The van der Waals surface area contributed by atoms with Gasteiger partial charge in [-0.05, 0) is 23.6 Å². The van der Waals surface area contributed by atoms with E-state index in [2.05, 4.69) is 6.58 Å². The highest BCUT2D eigenvalue weighted by Crippen LogP contribution is 2.38. The summed E-state index contributed by atoms with van der Waals surface area (Å²) in [5, 5.41) is 13.0. The molecule has 2 bridgehead atoms. The maximum atomic E-state index is 13.1. The van der Waals surface area contributed by atoms with Crippen molar-refractivity contribution in [2.24, 2.45) is 5.92 Å². The van der Waals surface area contributed by atoms with Crippen LogP contribution in [-0.2, 0) is 15.1 Å². The number of thiophene rings is 1. The molecule has 3 aliphatic rings. The first-order valence-electron chi connectivity index (χ1n) is 10.7. The van der Waals surface area contributed by atoms with Gasteiger partial charge in [-0.2, -0.15) is 0 Å². The molecule has 5 rings (SSSR count). The monoisotopic (exact) mass is 428 g/mol. The number of rotatable bonds is 9. The van der Waals surface area contributed by atoms with E-state index in [0.29, 0.717) is 17.4 Å². The van der Waals surface area contributed by atoms with Gasteiger partial charge in [0.1, 0.15) is 25.4 Å². The summed E-state index contributed by atoms with van der Waals surface area (Å²) >= 11 is 1.36. The molecule has 1 aromatic heterocycles. The molecule has 160 valence electrons. The number of benzene rings is 1. The van der Waals surface area contributed by atoms with Crippen molar-refractivity contribution in [2.45, 2.75) is 31.0 Å². The average Bonchev–Trinajstić information content (AvgIpc) is 3.31. The lowest BCUT2D eigenvalue weighted by Crippen LogP contribution is -2.65. The van der Waals surface area contributed by atoms with Crippen LogP contribution in [0, 0.1) is 5.92 Å². The van der Waals surface area contributed by atoms with Gasteiger partial charge in [0.2, 0.25) is 0 Å². The standard InChI is InChI=1S/C24H30NO4S/c1-2-12-24(27,22-9-6-17-30-22)23(26)29-21-18-25(13-10-19(21)11-14-25)15-16-28-20-7-4-3-5-8-20/h2-9,17,19,21,27H,1,10-16,18H2/q+1/t19?,21-,24?,25?/m0/s1. The number of piperidine rings is 3. The SMILES string of the molecule is C=CCC(O)(C(=O)O[C@H]1C[N+]2(CCOc3ccccc3)CCC1CC2)c1cccs1. The Morgan fingerprint density at radius 2 is 2.00 bits per heavy atom. The van der Waals surface area contributed by atoms with Crippen molar-refractivity contribution < 1.29 is 23.9 Å². The van der Waals surface area contributed by atoms with E-state index in [0.717, 1.165) is 49.3 Å². The van der Waals surface area contributed by atoms with Crippen LogP contribution in [0.4, 0.5) is 0 Å². The average molecular weight is 429 g/mol. The fraction of sp³-hybridized carbons (Fsp3) is 0.458. The molecule has 4 heterocycles. The number of carbonyl (C=O) groups excluding carboxylic acids is 1. The summed E-state index contributed by atoms with van der Waals surface area (Å²) in [6, 6.07) is 13.5. The Morgan fingerprint density at radius 1 is 1.23 bits per heavy atom. The number of hydrogen-bond donors (Lipinski definition) is 1. The molecule has 5 nitrogen and oxygen atoms in total. The minimum atomic E-state index is -1.65.